The fraction of sp³-hybridized carbons (Fsp3) is 0.818. The predicted molar refractivity (Wildman–Crippen MR) is 65.4 cm³/mol. The standard InChI is InChI=1S/C11H21N5O/c1-2-3-4-5-6-7-8-9-10(17)12-11-13-15-16-14-11/h2-9H2,1H3,(H2,12,13,14,15,16,17). The van der Waals surface area contributed by atoms with Gasteiger partial charge in [-0.1, -0.05) is 50.5 Å². The second-order valence-corrected chi connectivity index (χ2v) is 4.15. The van der Waals surface area contributed by atoms with E-state index in [-0.39, 0.29) is 11.9 Å². The van der Waals surface area contributed by atoms with Crippen LogP contribution in [-0.4, -0.2) is 26.5 Å². The van der Waals surface area contributed by atoms with E-state index in [0.29, 0.717) is 6.42 Å². The molecule has 1 amide bonds. The molecule has 1 heterocycles. The van der Waals surface area contributed by atoms with E-state index in [4.69, 9.17) is 0 Å². The van der Waals surface area contributed by atoms with Crippen LogP contribution in [0.1, 0.15) is 58.3 Å². The van der Waals surface area contributed by atoms with Gasteiger partial charge in [0.15, 0.2) is 0 Å². The molecule has 0 aliphatic rings. The zero-order chi connectivity index (χ0) is 12.3. The van der Waals surface area contributed by atoms with Crippen molar-refractivity contribution in [3.8, 4) is 0 Å². The fourth-order valence-corrected chi connectivity index (χ4v) is 1.64. The van der Waals surface area contributed by atoms with E-state index in [9.17, 15) is 4.79 Å². The molecule has 6 heteroatoms. The number of nitrogens with one attached hydrogen (secondary N) is 2. The summed E-state index contributed by atoms with van der Waals surface area (Å²) in [7, 11) is 0. The zero-order valence-corrected chi connectivity index (χ0v) is 10.4. The van der Waals surface area contributed by atoms with Crippen LogP contribution in [0.3, 0.4) is 0 Å². The molecule has 96 valence electrons. The molecule has 0 fully saturated rings. The molecular formula is C11H21N5O. The monoisotopic (exact) mass is 239 g/mol. The van der Waals surface area contributed by atoms with E-state index in [1.165, 1.54) is 32.1 Å². The molecule has 1 rings (SSSR count). The van der Waals surface area contributed by atoms with Gasteiger partial charge >= 0.3 is 0 Å². The summed E-state index contributed by atoms with van der Waals surface area (Å²) in [5, 5.41) is 15.5. The fourth-order valence-electron chi connectivity index (χ4n) is 1.64. The van der Waals surface area contributed by atoms with Gasteiger partial charge in [0.25, 0.3) is 5.95 Å². The Morgan fingerprint density at radius 3 is 2.53 bits per heavy atom. The molecule has 0 radical (unpaired) electrons. The number of tetrazole rings is 1. The van der Waals surface area contributed by atoms with Crippen LogP contribution in [0.4, 0.5) is 5.95 Å². The summed E-state index contributed by atoms with van der Waals surface area (Å²) in [4.78, 5) is 11.4. The molecule has 1 aromatic heterocycles. The predicted octanol–water partition coefficient (Wildman–Crippen LogP) is 2.28. The number of carbonyl (C=O) groups excluding carboxylic acids is 1. The average Bonchev–Trinajstić information content (AvgIpc) is 2.80. The Kier molecular flexibility index (Phi) is 6.93. The Balaban J connectivity index is 1.94. The number of nitrogens with zero attached hydrogens (tertiary/aromatic N) is 3. The second kappa shape index (κ2) is 8.66. The van der Waals surface area contributed by atoms with Crippen molar-refractivity contribution in [3.05, 3.63) is 0 Å². The number of aromatic nitrogens is 4. The third-order valence-electron chi connectivity index (χ3n) is 2.60. The van der Waals surface area contributed by atoms with Crippen molar-refractivity contribution in [2.24, 2.45) is 0 Å². The van der Waals surface area contributed by atoms with Gasteiger partial charge < -0.3 is 0 Å². The molecule has 17 heavy (non-hydrogen) atoms. The normalized spacial score (nSPS) is 10.4. The number of H-pyrrole nitrogens is 1. The summed E-state index contributed by atoms with van der Waals surface area (Å²) in [6.07, 6.45) is 8.97. The SMILES string of the molecule is CCCCCCCCCC(=O)Nc1nn[nH]n1. The van der Waals surface area contributed by atoms with Crippen LogP contribution in [0.25, 0.3) is 0 Å². The maximum atomic E-state index is 11.4. The van der Waals surface area contributed by atoms with Crippen molar-refractivity contribution in [2.45, 2.75) is 58.3 Å². The molecule has 0 aromatic carbocycles. The number of unbranched alkanes of at least 4 members (excludes halogenated alkanes) is 6. The van der Waals surface area contributed by atoms with Crippen LogP contribution in [0.2, 0.25) is 0 Å². The minimum Gasteiger partial charge on any atom is -0.292 e. The summed E-state index contributed by atoms with van der Waals surface area (Å²) in [5.74, 6) is 0.206. The Morgan fingerprint density at radius 1 is 1.18 bits per heavy atom. The maximum Gasteiger partial charge on any atom is 0.269 e. The lowest BCUT2D eigenvalue weighted by molar-refractivity contribution is -0.116. The molecule has 0 spiro atoms. The van der Waals surface area contributed by atoms with E-state index in [1.807, 2.05) is 0 Å². The third kappa shape index (κ3) is 6.65. The van der Waals surface area contributed by atoms with Crippen LogP contribution < -0.4 is 5.32 Å². The van der Waals surface area contributed by atoms with Gasteiger partial charge in [-0.2, -0.15) is 5.21 Å². The summed E-state index contributed by atoms with van der Waals surface area (Å²) in [5.41, 5.74) is 0. The molecule has 2 N–H and O–H groups in total. The highest BCUT2D eigenvalue weighted by molar-refractivity contribution is 5.88. The molecule has 0 saturated carbocycles. The molecule has 0 atom stereocenters. The lowest BCUT2D eigenvalue weighted by atomic mass is 10.1. The number of anilines is 1. The van der Waals surface area contributed by atoms with Crippen molar-refractivity contribution in [1.29, 1.82) is 0 Å². The zero-order valence-electron chi connectivity index (χ0n) is 10.4. The summed E-state index contributed by atoms with van der Waals surface area (Å²) in [6, 6.07) is 0. The Morgan fingerprint density at radius 2 is 1.88 bits per heavy atom. The lowest BCUT2D eigenvalue weighted by Gasteiger charge is -2.01. The van der Waals surface area contributed by atoms with E-state index < -0.39 is 0 Å². The minimum absolute atomic E-state index is 0.0417. The molecule has 1 aromatic rings. The van der Waals surface area contributed by atoms with E-state index in [2.05, 4.69) is 32.9 Å². The average molecular weight is 239 g/mol. The number of amides is 1. The van der Waals surface area contributed by atoms with Crippen LogP contribution in [0, 0.1) is 0 Å². The Labute approximate surface area is 102 Å². The molecule has 6 nitrogen and oxygen atoms in total. The summed E-state index contributed by atoms with van der Waals surface area (Å²) >= 11 is 0. The summed E-state index contributed by atoms with van der Waals surface area (Å²) < 4.78 is 0. The molecule has 0 unspecified atom stereocenters. The number of carbonyl (C=O) groups is 1. The highest BCUT2D eigenvalue weighted by Gasteiger charge is 2.04. The highest BCUT2D eigenvalue weighted by atomic mass is 16.1. The number of rotatable bonds is 9. The number of hydrogen-bond donors (Lipinski definition) is 2. The topological polar surface area (TPSA) is 83.6 Å². The first kappa shape index (κ1) is 13.6. The van der Waals surface area contributed by atoms with E-state index >= 15 is 0 Å². The molecule has 0 saturated heterocycles. The Hall–Kier alpha value is -1.46. The molecule has 0 bridgehead atoms. The number of hydrogen-bond acceptors (Lipinski definition) is 4. The van der Waals surface area contributed by atoms with Gasteiger partial charge in [0.1, 0.15) is 0 Å². The molecule has 0 aliphatic heterocycles. The van der Waals surface area contributed by atoms with Gasteiger partial charge in [-0.05, 0) is 11.6 Å². The van der Waals surface area contributed by atoms with Crippen molar-refractivity contribution in [2.75, 3.05) is 5.32 Å². The second-order valence-electron chi connectivity index (χ2n) is 4.15. The first-order valence-electron chi connectivity index (χ1n) is 6.36. The van der Waals surface area contributed by atoms with Crippen molar-refractivity contribution in [3.63, 3.8) is 0 Å². The third-order valence-corrected chi connectivity index (χ3v) is 2.60. The van der Waals surface area contributed by atoms with Crippen molar-refractivity contribution in [1.82, 2.24) is 20.6 Å². The van der Waals surface area contributed by atoms with Gasteiger partial charge in [0.05, 0.1) is 0 Å². The van der Waals surface area contributed by atoms with E-state index in [0.717, 1.165) is 12.8 Å². The van der Waals surface area contributed by atoms with Crippen LogP contribution >= 0.6 is 0 Å². The lowest BCUT2D eigenvalue weighted by Crippen LogP contribution is -2.12. The maximum absolute atomic E-state index is 11.4. The minimum atomic E-state index is -0.0417. The first-order chi connectivity index (χ1) is 8.33. The van der Waals surface area contributed by atoms with Gasteiger partial charge in [0.2, 0.25) is 5.91 Å². The van der Waals surface area contributed by atoms with Crippen LogP contribution in [0.15, 0.2) is 0 Å². The smallest absolute Gasteiger partial charge is 0.269 e. The van der Waals surface area contributed by atoms with Gasteiger partial charge in [-0.3, -0.25) is 10.1 Å². The van der Waals surface area contributed by atoms with Gasteiger partial charge in [-0.15, -0.1) is 5.10 Å². The van der Waals surface area contributed by atoms with Crippen molar-refractivity contribution < 1.29 is 4.79 Å². The van der Waals surface area contributed by atoms with E-state index in [1.54, 1.807) is 0 Å². The molecular weight excluding hydrogens is 218 g/mol. The van der Waals surface area contributed by atoms with Crippen molar-refractivity contribution >= 4 is 11.9 Å². The van der Waals surface area contributed by atoms with Crippen LogP contribution in [-0.2, 0) is 4.79 Å². The first-order valence-corrected chi connectivity index (χ1v) is 6.36. The highest BCUT2D eigenvalue weighted by Crippen LogP contribution is 2.08. The van der Waals surface area contributed by atoms with Crippen LogP contribution in [0.5, 0.6) is 0 Å². The van der Waals surface area contributed by atoms with Gasteiger partial charge in [-0.25, -0.2) is 0 Å². The number of aromatic amines is 1. The summed E-state index contributed by atoms with van der Waals surface area (Å²) in [6.45, 7) is 2.21. The molecule has 0 aliphatic carbocycles. The Bertz CT molecular complexity index is 299. The quantitative estimate of drug-likeness (QED) is 0.647. The largest absolute Gasteiger partial charge is 0.292 e. The van der Waals surface area contributed by atoms with Gasteiger partial charge in [0, 0.05) is 6.42 Å².